The molecule has 1 atom stereocenters. The molecular formula is C19H26O2. The van der Waals surface area contributed by atoms with Gasteiger partial charge in [-0.1, -0.05) is 49.6 Å². The summed E-state index contributed by atoms with van der Waals surface area (Å²) in [4.78, 5) is 12.5. The second kappa shape index (κ2) is 6.74. The molecule has 1 aliphatic heterocycles. The van der Waals surface area contributed by atoms with Crippen molar-refractivity contribution >= 4 is 5.78 Å². The normalized spacial score (nSPS) is 24.9. The van der Waals surface area contributed by atoms with Crippen LogP contribution in [0.3, 0.4) is 0 Å². The maximum atomic E-state index is 12.5. The molecule has 21 heavy (non-hydrogen) atoms. The predicted octanol–water partition coefficient (Wildman–Crippen LogP) is 4.32. The molecule has 2 aliphatic rings. The van der Waals surface area contributed by atoms with Gasteiger partial charge in [-0.15, -0.1) is 0 Å². The third-order valence-electron chi connectivity index (χ3n) is 5.22. The minimum absolute atomic E-state index is 0.0452. The van der Waals surface area contributed by atoms with Gasteiger partial charge in [-0.2, -0.15) is 0 Å². The van der Waals surface area contributed by atoms with Crippen molar-refractivity contribution < 1.29 is 9.53 Å². The molecule has 1 saturated heterocycles. The summed E-state index contributed by atoms with van der Waals surface area (Å²) in [6.07, 6.45) is 9.66. The highest BCUT2D eigenvalue weighted by Crippen LogP contribution is 2.41. The topological polar surface area (TPSA) is 26.3 Å². The van der Waals surface area contributed by atoms with Crippen molar-refractivity contribution in [1.82, 2.24) is 0 Å². The lowest BCUT2D eigenvalue weighted by Crippen LogP contribution is -2.43. The second-order valence-corrected chi connectivity index (χ2v) is 6.73. The van der Waals surface area contributed by atoms with Crippen LogP contribution < -0.4 is 0 Å². The Hall–Kier alpha value is -1.15. The van der Waals surface area contributed by atoms with E-state index in [-0.39, 0.29) is 11.5 Å². The van der Waals surface area contributed by atoms with E-state index in [0.717, 1.165) is 38.7 Å². The number of carbonyl (C=O) groups excluding carboxylic acids is 1. The number of ether oxygens (including phenoxy) is 1. The molecule has 1 aliphatic carbocycles. The summed E-state index contributed by atoms with van der Waals surface area (Å²) in [6.45, 7) is 0.780. The Morgan fingerprint density at radius 2 is 1.90 bits per heavy atom. The molecule has 1 saturated carbocycles. The average molecular weight is 286 g/mol. The highest BCUT2D eigenvalue weighted by molar-refractivity contribution is 5.81. The van der Waals surface area contributed by atoms with Gasteiger partial charge in [0.05, 0.1) is 5.60 Å². The number of rotatable bonds is 4. The van der Waals surface area contributed by atoms with Crippen molar-refractivity contribution in [2.75, 3.05) is 6.61 Å². The molecule has 0 aromatic heterocycles. The monoisotopic (exact) mass is 286 g/mol. The van der Waals surface area contributed by atoms with Crippen molar-refractivity contribution in [3.8, 4) is 0 Å². The molecule has 0 bridgehead atoms. The van der Waals surface area contributed by atoms with E-state index in [4.69, 9.17) is 4.74 Å². The van der Waals surface area contributed by atoms with Crippen molar-refractivity contribution in [3.63, 3.8) is 0 Å². The van der Waals surface area contributed by atoms with Crippen LogP contribution in [-0.2, 0) is 16.0 Å². The zero-order valence-electron chi connectivity index (χ0n) is 12.9. The Labute approximate surface area is 127 Å². The average Bonchev–Trinajstić information content (AvgIpc) is 2.54. The van der Waals surface area contributed by atoms with Gasteiger partial charge in [0.2, 0.25) is 0 Å². The first-order valence-electron chi connectivity index (χ1n) is 8.48. The summed E-state index contributed by atoms with van der Waals surface area (Å²) >= 11 is 0. The maximum absolute atomic E-state index is 12.5. The van der Waals surface area contributed by atoms with E-state index in [0.29, 0.717) is 12.2 Å². The minimum Gasteiger partial charge on any atom is -0.375 e. The summed E-state index contributed by atoms with van der Waals surface area (Å²) in [5.74, 6) is 0.688. The fraction of sp³-hybridized carbons (Fsp3) is 0.632. The SMILES string of the molecule is O=C(CCc1ccccc1)C1CCOC2(CCCCC2)C1. The van der Waals surface area contributed by atoms with Gasteiger partial charge in [0.1, 0.15) is 5.78 Å². The lowest BCUT2D eigenvalue weighted by molar-refractivity contribution is -0.142. The third kappa shape index (κ3) is 3.74. The van der Waals surface area contributed by atoms with Gasteiger partial charge < -0.3 is 4.74 Å². The molecule has 114 valence electrons. The van der Waals surface area contributed by atoms with Gasteiger partial charge in [-0.3, -0.25) is 4.79 Å². The van der Waals surface area contributed by atoms with Crippen LogP contribution in [-0.4, -0.2) is 18.0 Å². The fourth-order valence-corrected chi connectivity index (χ4v) is 3.96. The van der Waals surface area contributed by atoms with Crippen LogP contribution in [0.25, 0.3) is 0 Å². The summed E-state index contributed by atoms with van der Waals surface area (Å²) in [6, 6.07) is 10.3. The molecule has 1 aromatic rings. The van der Waals surface area contributed by atoms with Crippen LogP contribution in [0.5, 0.6) is 0 Å². The Morgan fingerprint density at radius 1 is 1.14 bits per heavy atom. The van der Waals surface area contributed by atoms with E-state index in [9.17, 15) is 4.79 Å². The first-order valence-corrected chi connectivity index (χ1v) is 8.48. The van der Waals surface area contributed by atoms with Crippen molar-refractivity contribution in [3.05, 3.63) is 35.9 Å². The molecular weight excluding hydrogens is 260 g/mol. The summed E-state index contributed by atoms with van der Waals surface area (Å²) < 4.78 is 6.10. The molecule has 1 unspecified atom stereocenters. The maximum Gasteiger partial charge on any atom is 0.136 e. The number of ketones is 1. The fourth-order valence-electron chi connectivity index (χ4n) is 3.96. The van der Waals surface area contributed by atoms with Crippen LogP contribution in [0, 0.1) is 5.92 Å². The quantitative estimate of drug-likeness (QED) is 0.824. The minimum atomic E-state index is 0.0452. The summed E-state index contributed by atoms with van der Waals surface area (Å²) in [7, 11) is 0. The molecule has 1 aromatic carbocycles. The van der Waals surface area contributed by atoms with Crippen LogP contribution >= 0.6 is 0 Å². The van der Waals surface area contributed by atoms with Crippen LogP contribution in [0.4, 0.5) is 0 Å². The number of hydrogen-bond acceptors (Lipinski definition) is 2. The Morgan fingerprint density at radius 3 is 2.67 bits per heavy atom. The Bertz CT molecular complexity index is 454. The zero-order chi connectivity index (χ0) is 14.5. The first-order chi connectivity index (χ1) is 10.3. The van der Waals surface area contributed by atoms with Crippen LogP contribution in [0.1, 0.15) is 56.9 Å². The van der Waals surface area contributed by atoms with E-state index in [1.807, 2.05) is 18.2 Å². The first kappa shape index (κ1) is 14.8. The molecule has 3 rings (SSSR count). The van der Waals surface area contributed by atoms with Gasteiger partial charge in [0.15, 0.2) is 0 Å². The van der Waals surface area contributed by atoms with Crippen molar-refractivity contribution in [2.24, 2.45) is 5.92 Å². The third-order valence-corrected chi connectivity index (χ3v) is 5.22. The number of aryl methyl sites for hydroxylation is 1. The molecule has 0 N–H and O–H groups in total. The number of hydrogen-bond donors (Lipinski definition) is 0. The lowest BCUT2D eigenvalue weighted by atomic mass is 9.74. The number of carbonyl (C=O) groups is 1. The van der Waals surface area contributed by atoms with E-state index in [1.165, 1.54) is 24.8 Å². The van der Waals surface area contributed by atoms with E-state index in [1.54, 1.807) is 0 Å². The van der Waals surface area contributed by atoms with E-state index < -0.39 is 0 Å². The standard InChI is InChI=1S/C19H26O2/c20-18(10-9-16-7-3-1-4-8-16)17-11-14-21-19(15-17)12-5-2-6-13-19/h1,3-4,7-8,17H,2,5-6,9-15H2. The summed E-state index contributed by atoms with van der Waals surface area (Å²) in [5, 5.41) is 0. The van der Waals surface area contributed by atoms with Crippen molar-refractivity contribution in [1.29, 1.82) is 0 Å². The molecule has 2 heteroatoms. The van der Waals surface area contributed by atoms with Gasteiger partial charge in [-0.25, -0.2) is 0 Å². The van der Waals surface area contributed by atoms with Crippen LogP contribution in [0.15, 0.2) is 30.3 Å². The van der Waals surface area contributed by atoms with Crippen LogP contribution in [0.2, 0.25) is 0 Å². The van der Waals surface area contributed by atoms with Gasteiger partial charge in [0.25, 0.3) is 0 Å². The van der Waals surface area contributed by atoms with Crippen molar-refractivity contribution in [2.45, 2.75) is 63.4 Å². The lowest BCUT2D eigenvalue weighted by Gasteiger charge is -2.43. The number of Topliss-reactive ketones (excluding diaryl/α,β-unsaturated/α-hetero) is 1. The Balaban J connectivity index is 1.54. The highest BCUT2D eigenvalue weighted by Gasteiger charge is 2.40. The summed E-state index contributed by atoms with van der Waals surface area (Å²) in [5.41, 5.74) is 1.31. The van der Waals surface area contributed by atoms with Gasteiger partial charge >= 0.3 is 0 Å². The molecule has 1 heterocycles. The number of benzene rings is 1. The largest absolute Gasteiger partial charge is 0.375 e. The van der Waals surface area contributed by atoms with E-state index in [2.05, 4.69) is 12.1 Å². The highest BCUT2D eigenvalue weighted by atomic mass is 16.5. The second-order valence-electron chi connectivity index (χ2n) is 6.73. The molecule has 2 fully saturated rings. The Kier molecular flexibility index (Phi) is 4.74. The molecule has 0 amide bonds. The zero-order valence-corrected chi connectivity index (χ0v) is 12.9. The molecule has 1 spiro atoms. The molecule has 2 nitrogen and oxygen atoms in total. The molecule has 0 radical (unpaired) electrons. The van der Waals surface area contributed by atoms with E-state index >= 15 is 0 Å². The van der Waals surface area contributed by atoms with Gasteiger partial charge in [0, 0.05) is 18.9 Å². The predicted molar refractivity (Wildman–Crippen MR) is 84.3 cm³/mol. The smallest absolute Gasteiger partial charge is 0.136 e. The van der Waals surface area contributed by atoms with Gasteiger partial charge in [-0.05, 0) is 37.7 Å².